The van der Waals surface area contributed by atoms with Crippen LogP contribution in [0.3, 0.4) is 0 Å². The standard InChI is InChI=1S/C11H13BrFN/c12-8-2-1-3-9(13)11(8)10(14)6-7-4-5-7/h1-3,7,10H,4-6,14H2/t10-/m0/s1. The summed E-state index contributed by atoms with van der Waals surface area (Å²) in [6.45, 7) is 0. The zero-order valence-corrected chi connectivity index (χ0v) is 9.43. The van der Waals surface area contributed by atoms with Crippen LogP contribution in [-0.4, -0.2) is 0 Å². The zero-order chi connectivity index (χ0) is 10.1. The van der Waals surface area contributed by atoms with E-state index in [1.54, 1.807) is 6.07 Å². The van der Waals surface area contributed by atoms with Crippen LogP contribution in [0.25, 0.3) is 0 Å². The minimum atomic E-state index is -0.201. The molecule has 1 atom stereocenters. The second-order valence-electron chi connectivity index (χ2n) is 3.92. The molecule has 2 N–H and O–H groups in total. The second-order valence-corrected chi connectivity index (χ2v) is 4.78. The van der Waals surface area contributed by atoms with E-state index in [1.807, 2.05) is 6.07 Å². The summed E-state index contributed by atoms with van der Waals surface area (Å²) in [5.41, 5.74) is 6.59. The fourth-order valence-electron chi connectivity index (χ4n) is 1.70. The van der Waals surface area contributed by atoms with Crippen molar-refractivity contribution in [2.45, 2.75) is 25.3 Å². The summed E-state index contributed by atoms with van der Waals surface area (Å²) in [5.74, 6) is 0.518. The molecule has 0 spiro atoms. The Labute approximate surface area is 91.6 Å². The fourth-order valence-corrected chi connectivity index (χ4v) is 2.33. The Kier molecular flexibility index (Phi) is 2.88. The number of halogens is 2. The molecule has 0 radical (unpaired) electrons. The van der Waals surface area contributed by atoms with Crippen LogP contribution >= 0.6 is 15.9 Å². The maximum atomic E-state index is 13.5. The Morgan fingerprint density at radius 1 is 1.50 bits per heavy atom. The topological polar surface area (TPSA) is 26.0 Å². The summed E-state index contributed by atoms with van der Waals surface area (Å²) in [4.78, 5) is 0. The molecule has 1 saturated carbocycles. The fraction of sp³-hybridized carbons (Fsp3) is 0.455. The van der Waals surface area contributed by atoms with E-state index in [2.05, 4.69) is 15.9 Å². The summed E-state index contributed by atoms with van der Waals surface area (Å²) in [6.07, 6.45) is 3.40. The Balaban J connectivity index is 2.19. The summed E-state index contributed by atoms with van der Waals surface area (Å²) in [6, 6.07) is 4.82. The molecule has 0 bridgehead atoms. The van der Waals surface area contributed by atoms with Gasteiger partial charge in [0.1, 0.15) is 5.82 Å². The summed E-state index contributed by atoms with van der Waals surface area (Å²) >= 11 is 3.34. The quantitative estimate of drug-likeness (QED) is 0.883. The van der Waals surface area contributed by atoms with Crippen molar-refractivity contribution in [3.05, 3.63) is 34.1 Å². The van der Waals surface area contributed by atoms with Gasteiger partial charge >= 0.3 is 0 Å². The first-order chi connectivity index (χ1) is 6.68. The van der Waals surface area contributed by atoms with Gasteiger partial charge in [0.25, 0.3) is 0 Å². The largest absolute Gasteiger partial charge is 0.324 e. The lowest BCUT2D eigenvalue weighted by Gasteiger charge is -2.14. The van der Waals surface area contributed by atoms with E-state index in [9.17, 15) is 4.39 Å². The predicted molar refractivity (Wildman–Crippen MR) is 58.4 cm³/mol. The summed E-state index contributed by atoms with van der Waals surface area (Å²) < 4.78 is 14.2. The molecular weight excluding hydrogens is 245 g/mol. The molecule has 0 aromatic heterocycles. The average molecular weight is 258 g/mol. The molecular formula is C11H13BrFN. The van der Waals surface area contributed by atoms with Gasteiger partial charge in [0.05, 0.1) is 0 Å². The number of rotatable bonds is 3. The summed E-state index contributed by atoms with van der Waals surface area (Å²) in [5, 5.41) is 0. The Bertz CT molecular complexity index is 316. The van der Waals surface area contributed by atoms with Crippen molar-refractivity contribution in [3.8, 4) is 0 Å². The molecule has 1 aliphatic carbocycles. The Hall–Kier alpha value is -0.410. The zero-order valence-electron chi connectivity index (χ0n) is 7.84. The van der Waals surface area contributed by atoms with Crippen LogP contribution in [0.5, 0.6) is 0 Å². The minimum Gasteiger partial charge on any atom is -0.324 e. The van der Waals surface area contributed by atoms with Crippen LogP contribution in [0.4, 0.5) is 4.39 Å². The van der Waals surface area contributed by atoms with E-state index in [1.165, 1.54) is 18.9 Å². The number of nitrogens with two attached hydrogens (primary N) is 1. The lowest BCUT2D eigenvalue weighted by atomic mass is 10.0. The predicted octanol–water partition coefficient (Wildman–Crippen LogP) is 3.39. The molecule has 1 nitrogen and oxygen atoms in total. The maximum absolute atomic E-state index is 13.5. The van der Waals surface area contributed by atoms with E-state index < -0.39 is 0 Å². The van der Waals surface area contributed by atoms with Gasteiger partial charge in [-0.25, -0.2) is 4.39 Å². The SMILES string of the molecule is N[C@@H](CC1CC1)c1c(F)cccc1Br. The van der Waals surface area contributed by atoms with Crippen LogP contribution in [0.1, 0.15) is 30.9 Å². The third kappa shape index (κ3) is 2.15. The number of benzene rings is 1. The highest BCUT2D eigenvalue weighted by Gasteiger charge is 2.26. The van der Waals surface area contributed by atoms with Gasteiger partial charge in [0, 0.05) is 16.1 Å². The van der Waals surface area contributed by atoms with Crippen molar-refractivity contribution in [2.24, 2.45) is 11.7 Å². The van der Waals surface area contributed by atoms with E-state index in [0.717, 1.165) is 16.8 Å². The lowest BCUT2D eigenvalue weighted by Crippen LogP contribution is -2.13. The minimum absolute atomic E-state index is 0.168. The van der Waals surface area contributed by atoms with Gasteiger partial charge in [-0.05, 0) is 24.5 Å². The van der Waals surface area contributed by atoms with E-state index in [4.69, 9.17) is 5.73 Å². The van der Waals surface area contributed by atoms with Crippen LogP contribution in [0.15, 0.2) is 22.7 Å². The third-order valence-electron chi connectivity index (χ3n) is 2.65. The van der Waals surface area contributed by atoms with E-state index in [0.29, 0.717) is 5.56 Å². The second kappa shape index (κ2) is 3.99. The number of hydrogen-bond donors (Lipinski definition) is 1. The highest BCUT2D eigenvalue weighted by Crippen LogP contribution is 2.38. The van der Waals surface area contributed by atoms with Gasteiger partial charge in [-0.15, -0.1) is 0 Å². The molecule has 1 fully saturated rings. The van der Waals surface area contributed by atoms with Crippen molar-refractivity contribution in [3.63, 3.8) is 0 Å². The van der Waals surface area contributed by atoms with Gasteiger partial charge < -0.3 is 5.73 Å². The molecule has 0 saturated heterocycles. The highest BCUT2D eigenvalue weighted by molar-refractivity contribution is 9.10. The average Bonchev–Trinajstić information content (AvgIpc) is 2.87. The molecule has 76 valence electrons. The van der Waals surface area contributed by atoms with Crippen LogP contribution in [-0.2, 0) is 0 Å². The van der Waals surface area contributed by atoms with Gasteiger partial charge in [0.2, 0.25) is 0 Å². The van der Waals surface area contributed by atoms with Crippen molar-refractivity contribution >= 4 is 15.9 Å². The van der Waals surface area contributed by atoms with Gasteiger partial charge in [-0.3, -0.25) is 0 Å². The normalized spacial score (nSPS) is 18.2. The van der Waals surface area contributed by atoms with Crippen LogP contribution in [0, 0.1) is 11.7 Å². The van der Waals surface area contributed by atoms with Crippen molar-refractivity contribution < 1.29 is 4.39 Å². The van der Waals surface area contributed by atoms with Crippen LogP contribution in [0.2, 0.25) is 0 Å². The van der Waals surface area contributed by atoms with Crippen molar-refractivity contribution in [1.29, 1.82) is 0 Å². The highest BCUT2D eigenvalue weighted by atomic mass is 79.9. The van der Waals surface area contributed by atoms with E-state index in [-0.39, 0.29) is 11.9 Å². The summed E-state index contributed by atoms with van der Waals surface area (Å²) in [7, 11) is 0. The smallest absolute Gasteiger partial charge is 0.129 e. The molecule has 1 aliphatic rings. The molecule has 3 heteroatoms. The maximum Gasteiger partial charge on any atom is 0.129 e. The Morgan fingerprint density at radius 3 is 2.79 bits per heavy atom. The molecule has 1 aromatic rings. The van der Waals surface area contributed by atoms with Gasteiger partial charge in [-0.2, -0.15) is 0 Å². The Morgan fingerprint density at radius 2 is 2.21 bits per heavy atom. The van der Waals surface area contributed by atoms with Crippen LogP contribution < -0.4 is 5.73 Å². The first-order valence-electron chi connectivity index (χ1n) is 4.88. The first-order valence-corrected chi connectivity index (χ1v) is 5.67. The van der Waals surface area contributed by atoms with Gasteiger partial charge in [0.15, 0.2) is 0 Å². The molecule has 0 aliphatic heterocycles. The molecule has 0 amide bonds. The molecule has 1 aromatic carbocycles. The molecule has 0 heterocycles. The van der Waals surface area contributed by atoms with Crippen molar-refractivity contribution in [2.75, 3.05) is 0 Å². The molecule has 2 rings (SSSR count). The monoisotopic (exact) mass is 257 g/mol. The molecule has 14 heavy (non-hydrogen) atoms. The number of hydrogen-bond acceptors (Lipinski definition) is 1. The molecule has 0 unspecified atom stereocenters. The third-order valence-corrected chi connectivity index (χ3v) is 3.35. The van der Waals surface area contributed by atoms with E-state index >= 15 is 0 Å². The lowest BCUT2D eigenvalue weighted by molar-refractivity contribution is 0.540. The van der Waals surface area contributed by atoms with Crippen molar-refractivity contribution in [1.82, 2.24) is 0 Å². The van der Waals surface area contributed by atoms with Gasteiger partial charge in [-0.1, -0.05) is 34.8 Å². The first kappa shape index (κ1) is 10.1.